The minimum Gasteiger partial charge on any atom is -0.358 e. The van der Waals surface area contributed by atoms with Gasteiger partial charge >= 0.3 is 0 Å². The van der Waals surface area contributed by atoms with Gasteiger partial charge in [0, 0.05) is 27.7 Å². The van der Waals surface area contributed by atoms with Crippen LogP contribution in [0.15, 0.2) is 42.5 Å². The summed E-state index contributed by atoms with van der Waals surface area (Å²) in [4.78, 5) is 16.7. The van der Waals surface area contributed by atoms with E-state index >= 15 is 0 Å². The van der Waals surface area contributed by atoms with Gasteiger partial charge in [-0.15, -0.1) is 0 Å². The molecule has 0 saturated heterocycles. The van der Waals surface area contributed by atoms with Crippen molar-refractivity contribution in [3.8, 4) is 0 Å². The summed E-state index contributed by atoms with van der Waals surface area (Å²) in [6.45, 7) is 10.9. The van der Waals surface area contributed by atoms with Crippen molar-refractivity contribution in [2.24, 2.45) is 0 Å². The summed E-state index contributed by atoms with van der Waals surface area (Å²) in [5.74, 6) is 0.111. The maximum Gasteiger partial charge on any atom is 0.235 e. The lowest BCUT2D eigenvalue weighted by Crippen LogP contribution is -2.27. The molecular weight excluding hydrogens is 344 g/mol. The highest BCUT2D eigenvalue weighted by Crippen LogP contribution is 2.49. The summed E-state index contributed by atoms with van der Waals surface area (Å²) in [5, 5.41) is 4.32. The summed E-state index contributed by atoms with van der Waals surface area (Å²) >= 11 is 0. The zero-order valence-electron chi connectivity index (χ0n) is 17.6. The number of anilines is 1. The molecule has 1 amide bonds. The van der Waals surface area contributed by atoms with Crippen molar-refractivity contribution in [2.75, 3.05) is 5.32 Å². The lowest BCUT2D eigenvalue weighted by atomic mass is 9.86. The maximum absolute atomic E-state index is 13.1. The van der Waals surface area contributed by atoms with Gasteiger partial charge in [0.05, 0.1) is 5.41 Å². The molecule has 2 aromatic carbocycles. The van der Waals surface area contributed by atoms with Crippen LogP contribution in [-0.4, -0.2) is 10.9 Å². The monoisotopic (exact) mass is 374 g/mol. The van der Waals surface area contributed by atoms with Crippen LogP contribution in [0.2, 0.25) is 0 Å². The quantitative estimate of drug-likeness (QED) is 0.553. The predicted octanol–water partition coefficient (Wildman–Crippen LogP) is 6.14. The molecule has 0 radical (unpaired) electrons. The van der Waals surface area contributed by atoms with Gasteiger partial charge in [0.2, 0.25) is 5.91 Å². The third-order valence-electron chi connectivity index (χ3n) is 6.74. The van der Waals surface area contributed by atoms with Crippen molar-refractivity contribution >= 4 is 22.5 Å². The molecule has 4 rings (SSSR count). The Kier molecular flexibility index (Phi) is 4.37. The fourth-order valence-electron chi connectivity index (χ4n) is 3.83. The molecular formula is C25H30N2O. The van der Waals surface area contributed by atoms with E-state index in [0.717, 1.165) is 41.4 Å². The van der Waals surface area contributed by atoms with Gasteiger partial charge in [0.25, 0.3) is 0 Å². The first-order valence-corrected chi connectivity index (χ1v) is 10.3. The molecule has 1 heterocycles. The molecule has 1 aliphatic rings. The molecule has 0 unspecified atom stereocenters. The third-order valence-corrected chi connectivity index (χ3v) is 6.74. The van der Waals surface area contributed by atoms with E-state index in [4.69, 9.17) is 0 Å². The highest BCUT2D eigenvalue weighted by Gasteiger charge is 2.51. The Morgan fingerprint density at radius 3 is 2.46 bits per heavy atom. The highest BCUT2D eigenvalue weighted by molar-refractivity contribution is 6.02. The van der Waals surface area contributed by atoms with E-state index < -0.39 is 0 Å². The Morgan fingerprint density at radius 1 is 1.07 bits per heavy atom. The second-order valence-electron chi connectivity index (χ2n) is 9.06. The second-order valence-corrected chi connectivity index (χ2v) is 9.06. The molecule has 3 aromatic rings. The van der Waals surface area contributed by atoms with Gasteiger partial charge in [-0.3, -0.25) is 4.79 Å². The van der Waals surface area contributed by atoms with E-state index in [1.807, 2.05) is 6.07 Å². The smallest absolute Gasteiger partial charge is 0.235 e. The first-order valence-electron chi connectivity index (χ1n) is 10.3. The molecule has 1 fully saturated rings. The molecule has 2 N–H and O–H groups in total. The number of aromatic nitrogens is 1. The number of aryl methyl sites for hydroxylation is 2. The average Bonchev–Trinajstić information content (AvgIpc) is 3.37. The van der Waals surface area contributed by atoms with E-state index in [-0.39, 0.29) is 16.7 Å². The largest absolute Gasteiger partial charge is 0.358 e. The van der Waals surface area contributed by atoms with Crippen molar-refractivity contribution < 1.29 is 4.79 Å². The molecule has 146 valence electrons. The lowest BCUT2D eigenvalue weighted by Gasteiger charge is -2.20. The summed E-state index contributed by atoms with van der Waals surface area (Å²) in [7, 11) is 0. The van der Waals surface area contributed by atoms with Crippen LogP contribution in [0.1, 0.15) is 62.4 Å². The van der Waals surface area contributed by atoms with Crippen molar-refractivity contribution in [3.63, 3.8) is 0 Å². The molecule has 0 spiro atoms. The molecule has 3 nitrogen and oxygen atoms in total. The number of hydrogen-bond acceptors (Lipinski definition) is 1. The number of amides is 1. The van der Waals surface area contributed by atoms with Gasteiger partial charge in [-0.05, 0) is 74.1 Å². The Bertz CT molecular complexity index is 1050. The van der Waals surface area contributed by atoms with E-state index in [9.17, 15) is 4.79 Å². The second kappa shape index (κ2) is 6.51. The molecule has 28 heavy (non-hydrogen) atoms. The van der Waals surface area contributed by atoms with E-state index in [2.05, 4.69) is 81.3 Å². The summed E-state index contributed by atoms with van der Waals surface area (Å²) < 4.78 is 0. The maximum atomic E-state index is 13.1. The van der Waals surface area contributed by atoms with Crippen molar-refractivity contribution in [1.29, 1.82) is 0 Å². The van der Waals surface area contributed by atoms with E-state index in [0.29, 0.717) is 0 Å². The average molecular weight is 375 g/mol. The van der Waals surface area contributed by atoms with Crippen LogP contribution in [0.4, 0.5) is 5.69 Å². The molecule has 0 atom stereocenters. The Morgan fingerprint density at radius 2 is 1.82 bits per heavy atom. The first kappa shape index (κ1) is 18.8. The van der Waals surface area contributed by atoms with Crippen molar-refractivity contribution in [2.45, 2.75) is 64.7 Å². The highest BCUT2D eigenvalue weighted by atomic mass is 16.2. The Balaban J connectivity index is 1.59. The Labute approximate surface area is 167 Å². The standard InChI is InChI=1S/C25H30N2O/c1-6-24(4,5)22-15-18-14-20(9-10-21(18)27-22)26-23(28)25(11-12-25)19-8-7-16(2)17(3)13-19/h7-10,13-15,27H,6,11-12H2,1-5H3,(H,26,28). The summed E-state index contributed by atoms with van der Waals surface area (Å²) in [6, 6.07) is 14.8. The van der Waals surface area contributed by atoms with E-state index in [1.165, 1.54) is 16.8 Å². The molecule has 0 bridgehead atoms. The minimum atomic E-state index is -0.360. The van der Waals surface area contributed by atoms with Crippen LogP contribution in [0.25, 0.3) is 10.9 Å². The number of fused-ring (bicyclic) bond motifs is 1. The zero-order chi connectivity index (χ0) is 20.1. The van der Waals surface area contributed by atoms with Crippen LogP contribution in [-0.2, 0) is 15.6 Å². The molecule has 1 saturated carbocycles. The topological polar surface area (TPSA) is 44.9 Å². The van der Waals surface area contributed by atoms with Gasteiger partial charge in [-0.25, -0.2) is 0 Å². The minimum absolute atomic E-state index is 0.111. The number of carbonyl (C=O) groups excluding carboxylic acids is 1. The Hall–Kier alpha value is -2.55. The van der Waals surface area contributed by atoms with Gasteiger partial charge in [0.1, 0.15) is 0 Å². The van der Waals surface area contributed by atoms with Crippen LogP contribution in [0.5, 0.6) is 0 Å². The number of aromatic amines is 1. The van der Waals surface area contributed by atoms with Crippen LogP contribution >= 0.6 is 0 Å². The zero-order valence-corrected chi connectivity index (χ0v) is 17.6. The predicted molar refractivity (Wildman–Crippen MR) is 117 cm³/mol. The van der Waals surface area contributed by atoms with Gasteiger partial charge < -0.3 is 10.3 Å². The first-order chi connectivity index (χ1) is 13.2. The fourth-order valence-corrected chi connectivity index (χ4v) is 3.83. The number of H-pyrrole nitrogens is 1. The number of hydrogen-bond donors (Lipinski definition) is 2. The van der Waals surface area contributed by atoms with E-state index in [1.54, 1.807) is 0 Å². The molecule has 3 heteroatoms. The number of rotatable bonds is 5. The number of benzene rings is 2. The van der Waals surface area contributed by atoms with Gasteiger partial charge in [-0.1, -0.05) is 39.0 Å². The van der Waals surface area contributed by atoms with Crippen molar-refractivity contribution in [3.05, 3.63) is 64.8 Å². The lowest BCUT2D eigenvalue weighted by molar-refractivity contribution is -0.118. The number of carbonyl (C=O) groups is 1. The summed E-state index contributed by atoms with van der Waals surface area (Å²) in [5.41, 5.74) is 6.63. The van der Waals surface area contributed by atoms with Crippen LogP contribution in [0, 0.1) is 13.8 Å². The van der Waals surface area contributed by atoms with Gasteiger partial charge in [0.15, 0.2) is 0 Å². The molecule has 0 aliphatic heterocycles. The fraction of sp³-hybridized carbons (Fsp3) is 0.400. The van der Waals surface area contributed by atoms with Gasteiger partial charge in [-0.2, -0.15) is 0 Å². The third kappa shape index (κ3) is 3.13. The van der Waals surface area contributed by atoms with Crippen LogP contribution in [0.3, 0.4) is 0 Å². The normalized spacial score (nSPS) is 15.6. The number of nitrogens with one attached hydrogen (secondary N) is 2. The summed E-state index contributed by atoms with van der Waals surface area (Å²) in [6.07, 6.45) is 2.91. The van der Waals surface area contributed by atoms with Crippen LogP contribution < -0.4 is 5.32 Å². The molecule has 1 aliphatic carbocycles. The van der Waals surface area contributed by atoms with Crippen molar-refractivity contribution in [1.82, 2.24) is 4.98 Å². The SMILES string of the molecule is CCC(C)(C)c1cc2cc(NC(=O)C3(c4ccc(C)c(C)c4)CC3)ccc2[nH]1. The molecule has 1 aromatic heterocycles.